The molecule has 5 heteroatoms. The van der Waals surface area contributed by atoms with Gasteiger partial charge in [-0.25, -0.2) is 0 Å². The Hall–Kier alpha value is -0.490. The average molecular weight is 229 g/mol. The predicted octanol–water partition coefficient (Wildman–Crippen LogP) is 0.291. The Bertz CT molecular complexity index is 267. The van der Waals surface area contributed by atoms with E-state index < -0.39 is 12.0 Å². The lowest BCUT2D eigenvalue weighted by Crippen LogP contribution is -2.68. The van der Waals surface area contributed by atoms with E-state index in [1.54, 1.807) is 7.05 Å². The Morgan fingerprint density at radius 1 is 1.31 bits per heavy atom. The summed E-state index contributed by atoms with van der Waals surface area (Å²) >= 11 is 0. The lowest BCUT2D eigenvalue weighted by Gasteiger charge is -2.52. The van der Waals surface area contributed by atoms with Crippen molar-refractivity contribution in [2.24, 2.45) is 5.41 Å². The summed E-state index contributed by atoms with van der Waals surface area (Å²) in [5, 5.41) is 2.93. The molecule has 0 amide bonds. The molecular weight excluding hydrogens is 210 g/mol. The molecule has 16 heavy (non-hydrogen) atoms. The van der Waals surface area contributed by atoms with E-state index in [9.17, 15) is 4.79 Å². The molecule has 3 aliphatic rings. The van der Waals surface area contributed by atoms with Crippen LogP contribution in [0.1, 0.15) is 20.3 Å². The normalized spacial score (nSPS) is 39.7. The number of ether oxygens (including phenoxy) is 3. The van der Waals surface area contributed by atoms with Gasteiger partial charge < -0.3 is 19.5 Å². The van der Waals surface area contributed by atoms with Crippen molar-refractivity contribution in [2.45, 2.75) is 32.3 Å². The third kappa shape index (κ3) is 1.78. The molecule has 0 aliphatic carbocycles. The van der Waals surface area contributed by atoms with Crippen LogP contribution < -0.4 is 5.32 Å². The van der Waals surface area contributed by atoms with E-state index in [0.29, 0.717) is 26.2 Å². The van der Waals surface area contributed by atoms with Crippen molar-refractivity contribution in [3.63, 3.8) is 0 Å². The summed E-state index contributed by atoms with van der Waals surface area (Å²) in [5.41, 5.74) is -0.0741. The molecular formula is C11H19NO4. The first-order valence-corrected chi connectivity index (χ1v) is 5.67. The molecule has 3 rings (SSSR count). The minimum Gasteiger partial charge on any atom is -0.325 e. The molecule has 1 atom stereocenters. The van der Waals surface area contributed by atoms with Crippen LogP contribution in [0.15, 0.2) is 0 Å². The average Bonchev–Trinajstić information content (AvgIpc) is 2.31. The third-order valence-electron chi connectivity index (χ3n) is 3.18. The van der Waals surface area contributed by atoms with Crippen molar-refractivity contribution in [1.82, 2.24) is 5.32 Å². The molecule has 2 bridgehead atoms. The Morgan fingerprint density at radius 3 is 2.19 bits per heavy atom. The first-order chi connectivity index (χ1) is 7.55. The summed E-state index contributed by atoms with van der Waals surface area (Å²) in [5.74, 6) is -1.17. The molecule has 92 valence electrons. The zero-order valence-corrected chi connectivity index (χ0v) is 10.0. The number of hydrogen-bond acceptors (Lipinski definition) is 5. The van der Waals surface area contributed by atoms with Crippen molar-refractivity contribution in [3.8, 4) is 0 Å². The van der Waals surface area contributed by atoms with E-state index in [0.717, 1.165) is 0 Å². The van der Waals surface area contributed by atoms with Gasteiger partial charge in [0.2, 0.25) is 0 Å². The Labute approximate surface area is 95.4 Å². The molecule has 0 unspecified atom stereocenters. The molecule has 1 N–H and O–H groups in total. The molecule has 3 aliphatic heterocycles. The summed E-state index contributed by atoms with van der Waals surface area (Å²) in [6, 6.07) is -0.553. The van der Waals surface area contributed by atoms with Crippen molar-refractivity contribution in [2.75, 3.05) is 26.9 Å². The Balaban J connectivity index is 2.16. The molecule has 0 spiro atoms. The summed E-state index contributed by atoms with van der Waals surface area (Å²) in [7, 11) is 1.71. The van der Waals surface area contributed by atoms with E-state index in [1.165, 1.54) is 0 Å². The zero-order chi connectivity index (χ0) is 11.8. The maximum Gasteiger partial charge on any atom is 0.306 e. The van der Waals surface area contributed by atoms with E-state index >= 15 is 0 Å². The number of rotatable bonds is 4. The van der Waals surface area contributed by atoms with Crippen LogP contribution in [0.4, 0.5) is 0 Å². The molecule has 0 saturated carbocycles. The van der Waals surface area contributed by atoms with E-state index in [-0.39, 0.29) is 11.2 Å². The van der Waals surface area contributed by atoms with Crippen molar-refractivity contribution < 1.29 is 19.0 Å². The van der Waals surface area contributed by atoms with Crippen LogP contribution in [0.2, 0.25) is 0 Å². The molecule has 0 aromatic heterocycles. The van der Waals surface area contributed by atoms with Gasteiger partial charge in [-0.2, -0.15) is 0 Å². The second-order valence-corrected chi connectivity index (χ2v) is 4.82. The SMILES string of the molecule is CCC(=O)[C@H](NC)C12OCC(C)(CO1)CO2. The first-order valence-electron chi connectivity index (χ1n) is 5.67. The monoisotopic (exact) mass is 229 g/mol. The van der Waals surface area contributed by atoms with Gasteiger partial charge in [0.25, 0.3) is 0 Å². The van der Waals surface area contributed by atoms with Crippen molar-refractivity contribution in [1.29, 1.82) is 0 Å². The van der Waals surface area contributed by atoms with Gasteiger partial charge in [0.1, 0.15) is 6.04 Å². The molecule has 3 fully saturated rings. The van der Waals surface area contributed by atoms with Gasteiger partial charge >= 0.3 is 5.97 Å². The first kappa shape index (κ1) is 12.0. The third-order valence-corrected chi connectivity index (χ3v) is 3.18. The van der Waals surface area contributed by atoms with E-state index in [4.69, 9.17) is 14.2 Å². The molecule has 0 aromatic carbocycles. The van der Waals surface area contributed by atoms with Crippen LogP contribution in [0.3, 0.4) is 0 Å². The molecule has 3 saturated heterocycles. The van der Waals surface area contributed by atoms with Gasteiger partial charge in [-0.1, -0.05) is 13.8 Å². The van der Waals surface area contributed by atoms with Crippen LogP contribution in [0.25, 0.3) is 0 Å². The van der Waals surface area contributed by atoms with Gasteiger partial charge in [0.15, 0.2) is 5.78 Å². The van der Waals surface area contributed by atoms with Crippen molar-refractivity contribution in [3.05, 3.63) is 0 Å². The maximum absolute atomic E-state index is 11.8. The van der Waals surface area contributed by atoms with Crippen LogP contribution in [0, 0.1) is 5.41 Å². The van der Waals surface area contributed by atoms with Gasteiger partial charge in [0, 0.05) is 11.8 Å². The number of fused-ring (bicyclic) bond motifs is 3. The van der Waals surface area contributed by atoms with Gasteiger partial charge in [-0.3, -0.25) is 4.79 Å². The minimum atomic E-state index is -1.21. The van der Waals surface area contributed by atoms with Crippen LogP contribution in [-0.4, -0.2) is 44.7 Å². The summed E-state index contributed by atoms with van der Waals surface area (Å²) < 4.78 is 16.8. The largest absolute Gasteiger partial charge is 0.325 e. The topological polar surface area (TPSA) is 56.8 Å². The number of nitrogens with one attached hydrogen (secondary N) is 1. The Morgan fingerprint density at radius 2 is 1.81 bits per heavy atom. The van der Waals surface area contributed by atoms with Gasteiger partial charge in [0.05, 0.1) is 19.8 Å². The maximum atomic E-state index is 11.8. The number of carbonyl (C=O) groups is 1. The highest BCUT2D eigenvalue weighted by atomic mass is 16.9. The smallest absolute Gasteiger partial charge is 0.306 e. The lowest BCUT2D eigenvalue weighted by molar-refractivity contribution is -0.469. The fourth-order valence-corrected chi connectivity index (χ4v) is 2.06. The highest BCUT2D eigenvalue weighted by Gasteiger charge is 2.56. The predicted molar refractivity (Wildman–Crippen MR) is 56.8 cm³/mol. The number of Topliss-reactive ketones (excluding diaryl/α,β-unsaturated/α-hetero) is 1. The molecule has 0 radical (unpaired) electrons. The van der Waals surface area contributed by atoms with Crippen LogP contribution in [-0.2, 0) is 19.0 Å². The second-order valence-electron chi connectivity index (χ2n) is 4.82. The number of ketones is 1. The fraction of sp³-hybridized carbons (Fsp3) is 0.909. The molecule has 0 aromatic rings. The summed E-state index contributed by atoms with van der Waals surface area (Å²) in [6.45, 7) is 5.58. The van der Waals surface area contributed by atoms with Gasteiger partial charge in [-0.05, 0) is 7.05 Å². The number of carbonyl (C=O) groups excluding carboxylic acids is 1. The standard InChI is InChI=1S/C11H19NO4/c1-4-8(13)9(12-3)11-14-5-10(2,6-15-11)7-16-11/h9,12H,4-7H2,1-3H3/t9-,10?,11?/m0/s1. The highest BCUT2D eigenvalue weighted by Crippen LogP contribution is 2.39. The second kappa shape index (κ2) is 4.07. The van der Waals surface area contributed by atoms with Crippen LogP contribution in [0.5, 0.6) is 0 Å². The summed E-state index contributed by atoms with van der Waals surface area (Å²) in [4.78, 5) is 11.8. The van der Waals surface area contributed by atoms with E-state index in [2.05, 4.69) is 5.32 Å². The fourth-order valence-electron chi connectivity index (χ4n) is 2.06. The number of likely N-dealkylation sites (N-methyl/N-ethyl adjacent to an activating group) is 1. The molecule has 5 nitrogen and oxygen atoms in total. The van der Waals surface area contributed by atoms with Crippen LogP contribution >= 0.6 is 0 Å². The minimum absolute atomic E-state index is 0.0352. The molecule has 3 heterocycles. The van der Waals surface area contributed by atoms with Gasteiger partial charge in [-0.15, -0.1) is 0 Å². The quantitative estimate of drug-likeness (QED) is 0.751. The highest BCUT2D eigenvalue weighted by molar-refractivity contribution is 5.84. The number of hydrogen-bond donors (Lipinski definition) is 1. The van der Waals surface area contributed by atoms with E-state index in [1.807, 2.05) is 13.8 Å². The summed E-state index contributed by atoms with van der Waals surface area (Å²) in [6.07, 6.45) is 0.431. The van der Waals surface area contributed by atoms with Crippen molar-refractivity contribution >= 4 is 5.78 Å². The Kier molecular flexibility index (Phi) is 3.05. The zero-order valence-electron chi connectivity index (χ0n) is 10.0. The lowest BCUT2D eigenvalue weighted by atomic mass is 9.90.